The molecule has 0 atom stereocenters. The molecule has 0 spiro atoms. The molecule has 0 saturated carbocycles. The van der Waals surface area contributed by atoms with Crippen LogP contribution in [0.15, 0.2) is 24.3 Å². The zero-order chi connectivity index (χ0) is 11.7. The third-order valence-electron chi connectivity index (χ3n) is 3.10. The maximum Gasteiger partial charge on any atom is 0.181 e. The summed E-state index contributed by atoms with van der Waals surface area (Å²) in [6.45, 7) is 0.992. The van der Waals surface area contributed by atoms with Crippen molar-refractivity contribution in [3.8, 4) is 17.1 Å². The second-order valence-corrected chi connectivity index (χ2v) is 4.26. The first-order valence-electron chi connectivity index (χ1n) is 5.95. The molecule has 4 nitrogen and oxygen atoms in total. The maximum absolute atomic E-state index is 5.22. The minimum Gasteiger partial charge on any atom is -0.497 e. The van der Waals surface area contributed by atoms with Gasteiger partial charge in [-0.1, -0.05) is 12.1 Å². The topological polar surface area (TPSA) is 39.9 Å². The van der Waals surface area contributed by atoms with Gasteiger partial charge in [0.1, 0.15) is 11.6 Å². The van der Waals surface area contributed by atoms with Crippen LogP contribution in [-0.4, -0.2) is 21.9 Å². The van der Waals surface area contributed by atoms with Gasteiger partial charge in [-0.15, -0.1) is 0 Å². The van der Waals surface area contributed by atoms with E-state index in [1.54, 1.807) is 7.11 Å². The number of fused-ring (bicyclic) bond motifs is 1. The number of nitrogens with zero attached hydrogens (tertiary/aromatic N) is 3. The molecule has 1 aliphatic rings. The first-order valence-corrected chi connectivity index (χ1v) is 5.95. The van der Waals surface area contributed by atoms with Crippen molar-refractivity contribution >= 4 is 0 Å². The number of benzene rings is 1. The molecule has 2 aromatic rings. The molecule has 0 amide bonds. The van der Waals surface area contributed by atoms with E-state index >= 15 is 0 Å². The molecular formula is C13H15N3O. The second-order valence-electron chi connectivity index (χ2n) is 4.26. The zero-order valence-electron chi connectivity index (χ0n) is 9.89. The maximum atomic E-state index is 5.22. The third kappa shape index (κ3) is 1.90. The highest BCUT2D eigenvalue weighted by molar-refractivity contribution is 5.57. The van der Waals surface area contributed by atoms with Gasteiger partial charge in [0, 0.05) is 18.5 Å². The molecular weight excluding hydrogens is 214 g/mol. The molecule has 88 valence electrons. The van der Waals surface area contributed by atoms with Gasteiger partial charge in [-0.05, 0) is 25.0 Å². The normalized spacial score (nSPS) is 14.4. The van der Waals surface area contributed by atoms with E-state index in [1.807, 2.05) is 28.9 Å². The lowest BCUT2D eigenvalue weighted by molar-refractivity contribution is 0.415. The summed E-state index contributed by atoms with van der Waals surface area (Å²) < 4.78 is 7.24. The number of aromatic nitrogens is 3. The zero-order valence-corrected chi connectivity index (χ0v) is 9.89. The van der Waals surface area contributed by atoms with E-state index in [0.717, 1.165) is 35.9 Å². The van der Waals surface area contributed by atoms with Crippen LogP contribution in [0.5, 0.6) is 5.75 Å². The summed E-state index contributed by atoms with van der Waals surface area (Å²) in [7, 11) is 1.67. The Morgan fingerprint density at radius 3 is 3.06 bits per heavy atom. The van der Waals surface area contributed by atoms with Gasteiger partial charge in [0.05, 0.1) is 7.11 Å². The lowest BCUT2D eigenvalue weighted by Crippen LogP contribution is -2.11. The van der Waals surface area contributed by atoms with Gasteiger partial charge >= 0.3 is 0 Å². The molecule has 0 unspecified atom stereocenters. The number of methoxy groups -OCH3 is 1. The van der Waals surface area contributed by atoms with Crippen LogP contribution in [-0.2, 0) is 13.0 Å². The van der Waals surface area contributed by atoms with E-state index in [2.05, 4.69) is 10.1 Å². The van der Waals surface area contributed by atoms with Crippen LogP contribution < -0.4 is 4.74 Å². The molecule has 0 aliphatic carbocycles. The summed E-state index contributed by atoms with van der Waals surface area (Å²) in [4.78, 5) is 4.59. The van der Waals surface area contributed by atoms with Gasteiger partial charge < -0.3 is 4.74 Å². The molecule has 1 aromatic carbocycles. The Bertz CT molecular complexity index is 510. The standard InChI is InChI=1S/C13H15N3O/c1-17-11-6-4-5-10(9-11)13-14-12-7-2-3-8-16(12)15-13/h4-6,9H,2-3,7-8H2,1H3. The lowest BCUT2D eigenvalue weighted by atomic mass is 10.2. The highest BCUT2D eigenvalue weighted by atomic mass is 16.5. The van der Waals surface area contributed by atoms with E-state index < -0.39 is 0 Å². The van der Waals surface area contributed by atoms with Crippen molar-refractivity contribution in [1.29, 1.82) is 0 Å². The van der Waals surface area contributed by atoms with Crippen molar-refractivity contribution in [3.63, 3.8) is 0 Å². The van der Waals surface area contributed by atoms with E-state index in [9.17, 15) is 0 Å². The van der Waals surface area contributed by atoms with Crippen LogP contribution in [0.2, 0.25) is 0 Å². The summed E-state index contributed by atoms with van der Waals surface area (Å²) in [5.41, 5.74) is 1.02. The molecule has 0 radical (unpaired) electrons. The van der Waals surface area contributed by atoms with Crippen LogP contribution in [0.25, 0.3) is 11.4 Å². The molecule has 1 aromatic heterocycles. The molecule has 0 fully saturated rings. The van der Waals surface area contributed by atoms with Gasteiger partial charge in [-0.3, -0.25) is 0 Å². The second kappa shape index (κ2) is 4.20. The smallest absolute Gasteiger partial charge is 0.181 e. The van der Waals surface area contributed by atoms with Crippen LogP contribution in [0.3, 0.4) is 0 Å². The van der Waals surface area contributed by atoms with E-state index in [0.29, 0.717) is 0 Å². The summed E-state index contributed by atoms with van der Waals surface area (Å²) in [5, 5.41) is 4.55. The Labute approximate surface area is 100 Å². The molecule has 3 rings (SSSR count). The van der Waals surface area contributed by atoms with Crippen molar-refractivity contribution in [2.45, 2.75) is 25.8 Å². The van der Waals surface area contributed by atoms with E-state index in [1.165, 1.54) is 12.8 Å². The van der Waals surface area contributed by atoms with Crippen molar-refractivity contribution in [2.75, 3.05) is 7.11 Å². The van der Waals surface area contributed by atoms with Crippen LogP contribution in [0.4, 0.5) is 0 Å². The molecule has 0 bridgehead atoms. The fourth-order valence-corrected chi connectivity index (χ4v) is 2.17. The van der Waals surface area contributed by atoms with Gasteiger partial charge in [0.15, 0.2) is 5.82 Å². The number of aryl methyl sites for hydroxylation is 2. The Balaban J connectivity index is 2.00. The Kier molecular flexibility index (Phi) is 2.55. The first kappa shape index (κ1) is 10.3. The molecule has 2 heterocycles. The third-order valence-corrected chi connectivity index (χ3v) is 3.10. The Morgan fingerprint density at radius 2 is 2.24 bits per heavy atom. The summed E-state index contributed by atoms with van der Waals surface area (Å²) in [6, 6.07) is 7.89. The molecule has 17 heavy (non-hydrogen) atoms. The fraction of sp³-hybridized carbons (Fsp3) is 0.385. The van der Waals surface area contributed by atoms with Gasteiger partial charge in [0.2, 0.25) is 0 Å². The number of rotatable bonds is 2. The number of hydrogen-bond donors (Lipinski definition) is 0. The molecule has 1 aliphatic heterocycles. The van der Waals surface area contributed by atoms with Crippen molar-refractivity contribution in [2.24, 2.45) is 0 Å². The SMILES string of the molecule is COc1cccc(-c2nc3n(n2)CCCC3)c1. The van der Waals surface area contributed by atoms with Crippen molar-refractivity contribution in [3.05, 3.63) is 30.1 Å². The lowest BCUT2D eigenvalue weighted by Gasteiger charge is -2.09. The summed E-state index contributed by atoms with van der Waals surface area (Å²) >= 11 is 0. The van der Waals surface area contributed by atoms with Gasteiger partial charge in [-0.25, -0.2) is 9.67 Å². The minimum atomic E-state index is 0.806. The summed E-state index contributed by atoms with van der Waals surface area (Å²) in [5.74, 6) is 2.75. The largest absolute Gasteiger partial charge is 0.497 e. The van der Waals surface area contributed by atoms with Crippen LogP contribution >= 0.6 is 0 Å². The Morgan fingerprint density at radius 1 is 1.29 bits per heavy atom. The van der Waals surface area contributed by atoms with Gasteiger partial charge in [0.25, 0.3) is 0 Å². The first-order chi connectivity index (χ1) is 8.36. The summed E-state index contributed by atoms with van der Waals surface area (Å²) in [6.07, 6.45) is 3.46. The predicted octanol–water partition coefficient (Wildman–Crippen LogP) is 2.29. The van der Waals surface area contributed by atoms with Crippen LogP contribution in [0.1, 0.15) is 18.7 Å². The fourth-order valence-electron chi connectivity index (χ4n) is 2.17. The predicted molar refractivity (Wildman–Crippen MR) is 64.9 cm³/mol. The minimum absolute atomic E-state index is 0.806. The Hall–Kier alpha value is -1.84. The average Bonchev–Trinajstić information content (AvgIpc) is 2.82. The highest BCUT2D eigenvalue weighted by Gasteiger charge is 2.14. The number of ether oxygens (including phenoxy) is 1. The molecule has 0 saturated heterocycles. The van der Waals surface area contributed by atoms with Crippen molar-refractivity contribution in [1.82, 2.24) is 14.8 Å². The highest BCUT2D eigenvalue weighted by Crippen LogP contribution is 2.23. The quantitative estimate of drug-likeness (QED) is 0.793. The van der Waals surface area contributed by atoms with E-state index in [-0.39, 0.29) is 0 Å². The monoisotopic (exact) mass is 229 g/mol. The van der Waals surface area contributed by atoms with E-state index in [4.69, 9.17) is 4.74 Å². The number of hydrogen-bond acceptors (Lipinski definition) is 3. The molecule has 0 N–H and O–H groups in total. The molecule has 4 heteroatoms. The average molecular weight is 229 g/mol. The van der Waals surface area contributed by atoms with Gasteiger partial charge in [-0.2, -0.15) is 5.10 Å². The van der Waals surface area contributed by atoms with Crippen molar-refractivity contribution < 1.29 is 4.74 Å². The van der Waals surface area contributed by atoms with Crippen LogP contribution in [0, 0.1) is 0 Å².